The highest BCUT2D eigenvalue weighted by molar-refractivity contribution is 8.00. The minimum absolute atomic E-state index is 0.0843. The average Bonchev–Trinajstić information content (AvgIpc) is 3.16. The van der Waals surface area contributed by atoms with Crippen molar-refractivity contribution in [3.63, 3.8) is 0 Å². The van der Waals surface area contributed by atoms with Crippen LogP contribution in [0.3, 0.4) is 0 Å². The molecule has 0 aliphatic heterocycles. The fraction of sp³-hybridized carbons (Fsp3) is 0.0870. The molecule has 31 heavy (non-hydrogen) atoms. The van der Waals surface area contributed by atoms with Crippen LogP contribution in [-0.2, 0) is 4.79 Å². The van der Waals surface area contributed by atoms with Gasteiger partial charge in [-0.3, -0.25) is 4.79 Å². The number of thiazole rings is 1. The Kier molecular flexibility index (Phi) is 6.81. The van der Waals surface area contributed by atoms with Gasteiger partial charge in [0.05, 0.1) is 16.0 Å². The molecule has 3 aromatic carbocycles. The van der Waals surface area contributed by atoms with Gasteiger partial charge in [-0.15, -0.1) is 11.8 Å². The van der Waals surface area contributed by atoms with Crippen molar-refractivity contribution < 1.29 is 4.79 Å². The summed E-state index contributed by atoms with van der Waals surface area (Å²) < 4.78 is 1.06. The summed E-state index contributed by atoms with van der Waals surface area (Å²) in [5.74, 6) is 0.213. The molecule has 1 amide bonds. The number of fused-ring (bicyclic) bond motifs is 1. The zero-order chi connectivity index (χ0) is 21.6. The molecule has 3 N–H and O–H groups in total. The van der Waals surface area contributed by atoms with Crippen LogP contribution in [0.15, 0.2) is 77.7 Å². The number of carbonyl (C=O) groups is 1. The second kappa shape index (κ2) is 9.91. The van der Waals surface area contributed by atoms with Crippen molar-refractivity contribution in [1.29, 1.82) is 0 Å². The summed E-state index contributed by atoms with van der Waals surface area (Å²) >= 11 is 8.34. The number of aromatic nitrogens is 1. The van der Waals surface area contributed by atoms with Crippen molar-refractivity contribution in [2.45, 2.75) is 11.8 Å². The first-order valence-electron chi connectivity index (χ1n) is 9.58. The van der Waals surface area contributed by atoms with Crippen molar-refractivity contribution in [2.24, 2.45) is 0 Å². The summed E-state index contributed by atoms with van der Waals surface area (Å²) in [6, 6.07) is 23.7. The normalized spacial score (nSPS) is 10.6. The minimum Gasteiger partial charge on any atom is -0.332 e. The first-order chi connectivity index (χ1) is 15.0. The van der Waals surface area contributed by atoms with Crippen molar-refractivity contribution in [3.8, 4) is 0 Å². The molecule has 0 radical (unpaired) electrons. The summed E-state index contributed by atoms with van der Waals surface area (Å²) in [5, 5.41) is 10.4. The standard InChI is InChI=1S/C23H20N4OS3/c1-15-9-11-16(12-10-15)24-22(29)25-17-5-4-6-18(13-17)30-14-21(28)27-23-26-19-7-2-3-8-20(19)31-23/h2-13H,14H2,1H3,(H2,24,25,29)(H,26,27,28). The zero-order valence-electron chi connectivity index (χ0n) is 16.7. The third-order valence-corrected chi connectivity index (χ3v) is 6.46. The molecule has 0 saturated carbocycles. The number of nitrogens with one attached hydrogen (secondary N) is 3. The molecule has 0 fully saturated rings. The Labute approximate surface area is 194 Å². The van der Waals surface area contributed by atoms with Gasteiger partial charge in [-0.25, -0.2) is 4.98 Å². The third-order valence-electron chi connectivity index (χ3n) is 4.31. The Hall–Kier alpha value is -2.94. The summed E-state index contributed by atoms with van der Waals surface area (Å²) in [6.07, 6.45) is 0. The molecule has 4 rings (SSSR count). The molecule has 1 heterocycles. The Morgan fingerprint density at radius 2 is 1.74 bits per heavy atom. The van der Waals surface area contributed by atoms with Gasteiger partial charge in [0, 0.05) is 16.3 Å². The monoisotopic (exact) mass is 464 g/mol. The molecule has 0 atom stereocenters. The van der Waals surface area contributed by atoms with Crippen LogP contribution in [0.5, 0.6) is 0 Å². The molecule has 8 heteroatoms. The average molecular weight is 465 g/mol. The second-order valence-corrected chi connectivity index (χ2v) is 9.28. The molecule has 0 saturated heterocycles. The smallest absolute Gasteiger partial charge is 0.236 e. The molecule has 0 bridgehead atoms. The van der Waals surface area contributed by atoms with Crippen LogP contribution in [0.4, 0.5) is 16.5 Å². The van der Waals surface area contributed by atoms with Crippen LogP contribution in [0.2, 0.25) is 0 Å². The topological polar surface area (TPSA) is 66.0 Å². The SMILES string of the molecule is Cc1ccc(NC(=S)Nc2cccc(SCC(=O)Nc3nc4ccccc4s3)c2)cc1. The maximum atomic E-state index is 12.3. The fourth-order valence-corrected chi connectivity index (χ4v) is 4.70. The Bertz CT molecular complexity index is 1190. The second-order valence-electron chi connectivity index (χ2n) is 6.80. The molecule has 4 aromatic rings. The summed E-state index contributed by atoms with van der Waals surface area (Å²) in [6.45, 7) is 2.04. The lowest BCUT2D eigenvalue weighted by Gasteiger charge is -2.11. The number of thioether (sulfide) groups is 1. The lowest BCUT2D eigenvalue weighted by molar-refractivity contribution is -0.113. The lowest BCUT2D eigenvalue weighted by Crippen LogP contribution is -2.19. The predicted molar refractivity (Wildman–Crippen MR) is 136 cm³/mol. The Balaban J connectivity index is 1.30. The maximum Gasteiger partial charge on any atom is 0.236 e. The molecule has 0 aliphatic rings. The number of carbonyl (C=O) groups excluding carboxylic acids is 1. The highest BCUT2D eigenvalue weighted by Gasteiger charge is 2.09. The number of hydrogen-bond acceptors (Lipinski definition) is 5. The largest absolute Gasteiger partial charge is 0.332 e. The van der Waals surface area contributed by atoms with E-state index in [4.69, 9.17) is 12.2 Å². The summed E-state index contributed by atoms with van der Waals surface area (Å²) in [5.41, 5.74) is 3.88. The van der Waals surface area contributed by atoms with Crippen LogP contribution in [0.25, 0.3) is 10.2 Å². The number of thiocarbonyl (C=S) groups is 1. The Morgan fingerprint density at radius 3 is 2.55 bits per heavy atom. The van der Waals surface area contributed by atoms with Crippen LogP contribution in [0.1, 0.15) is 5.56 Å². The van der Waals surface area contributed by atoms with Gasteiger partial charge in [-0.2, -0.15) is 0 Å². The van der Waals surface area contributed by atoms with Crippen LogP contribution >= 0.6 is 35.3 Å². The number of benzene rings is 3. The molecular weight excluding hydrogens is 444 g/mol. The van der Waals surface area contributed by atoms with Gasteiger partial charge >= 0.3 is 0 Å². The van der Waals surface area contributed by atoms with E-state index in [9.17, 15) is 4.79 Å². The molecule has 5 nitrogen and oxygen atoms in total. The van der Waals surface area contributed by atoms with E-state index in [0.29, 0.717) is 16.0 Å². The molecule has 0 aliphatic carbocycles. The summed E-state index contributed by atoms with van der Waals surface area (Å²) in [7, 11) is 0. The van der Waals surface area contributed by atoms with Crippen LogP contribution in [-0.4, -0.2) is 21.8 Å². The van der Waals surface area contributed by atoms with Gasteiger partial charge in [0.2, 0.25) is 5.91 Å². The fourth-order valence-electron chi connectivity index (χ4n) is 2.82. The predicted octanol–water partition coefficient (Wildman–Crippen LogP) is 6.14. The van der Waals surface area contributed by atoms with Crippen LogP contribution < -0.4 is 16.0 Å². The number of nitrogens with zero attached hydrogens (tertiary/aromatic N) is 1. The first kappa shape index (κ1) is 21.3. The molecule has 1 aromatic heterocycles. The van der Waals surface area contributed by atoms with E-state index in [1.807, 2.05) is 79.7 Å². The van der Waals surface area contributed by atoms with Crippen molar-refractivity contribution >= 4 is 73.1 Å². The van der Waals surface area contributed by atoms with Crippen LogP contribution in [0, 0.1) is 6.92 Å². The number of rotatable bonds is 6. The summed E-state index contributed by atoms with van der Waals surface area (Å²) in [4.78, 5) is 17.8. The van der Waals surface area contributed by atoms with Gasteiger partial charge in [-0.1, -0.05) is 47.2 Å². The van der Waals surface area contributed by atoms with Crippen molar-refractivity contribution in [2.75, 3.05) is 21.7 Å². The number of hydrogen-bond donors (Lipinski definition) is 3. The molecular formula is C23H20N4OS3. The van der Waals surface area contributed by atoms with Gasteiger partial charge in [0.25, 0.3) is 0 Å². The molecule has 156 valence electrons. The third kappa shape index (κ3) is 6.04. The van der Waals surface area contributed by atoms with E-state index in [0.717, 1.165) is 26.5 Å². The highest BCUT2D eigenvalue weighted by Crippen LogP contribution is 2.26. The van der Waals surface area contributed by atoms with Gasteiger partial charge in [-0.05, 0) is 61.6 Å². The zero-order valence-corrected chi connectivity index (χ0v) is 19.2. The van der Waals surface area contributed by atoms with E-state index in [-0.39, 0.29) is 5.91 Å². The number of anilines is 3. The van der Waals surface area contributed by atoms with Crippen molar-refractivity contribution in [1.82, 2.24) is 4.98 Å². The van der Waals surface area contributed by atoms with E-state index in [1.54, 1.807) is 0 Å². The van der Waals surface area contributed by atoms with Gasteiger partial charge in [0.1, 0.15) is 0 Å². The first-order valence-corrected chi connectivity index (χ1v) is 11.8. The van der Waals surface area contributed by atoms with Crippen molar-refractivity contribution in [3.05, 3.63) is 78.4 Å². The van der Waals surface area contributed by atoms with Gasteiger partial charge in [0.15, 0.2) is 10.2 Å². The van der Waals surface area contributed by atoms with E-state index >= 15 is 0 Å². The van der Waals surface area contributed by atoms with E-state index in [1.165, 1.54) is 28.7 Å². The van der Waals surface area contributed by atoms with E-state index in [2.05, 4.69) is 20.9 Å². The molecule has 0 spiro atoms. The number of para-hydroxylation sites is 1. The number of aryl methyl sites for hydroxylation is 1. The lowest BCUT2D eigenvalue weighted by atomic mass is 10.2. The highest BCUT2D eigenvalue weighted by atomic mass is 32.2. The Morgan fingerprint density at radius 1 is 0.968 bits per heavy atom. The van der Waals surface area contributed by atoms with Gasteiger partial charge < -0.3 is 16.0 Å². The van der Waals surface area contributed by atoms with E-state index < -0.39 is 0 Å². The maximum absolute atomic E-state index is 12.3. The molecule has 0 unspecified atom stereocenters. The minimum atomic E-state index is -0.0843. The number of amides is 1. The quantitative estimate of drug-likeness (QED) is 0.235.